The van der Waals surface area contributed by atoms with Crippen molar-refractivity contribution in [2.24, 2.45) is 0 Å². The van der Waals surface area contributed by atoms with Gasteiger partial charge in [0.1, 0.15) is 0 Å². The smallest absolute Gasteiger partial charge is 0.212 e. The van der Waals surface area contributed by atoms with E-state index in [0.717, 1.165) is 0 Å². The van der Waals surface area contributed by atoms with Crippen LogP contribution in [-0.4, -0.2) is 46.3 Å². The summed E-state index contributed by atoms with van der Waals surface area (Å²) in [5.41, 5.74) is 0. The molecular weight excluding hydrogens is 164 g/mol. The first kappa shape index (κ1) is 10.9. The minimum Gasteiger partial charge on any atom is -0.308 e. The molecule has 66 valence electrons. The van der Waals surface area contributed by atoms with E-state index in [-0.39, 0.29) is 12.3 Å². The van der Waals surface area contributed by atoms with E-state index in [1.807, 2.05) is 14.1 Å². The maximum atomic E-state index is 10.9. The van der Waals surface area contributed by atoms with Crippen LogP contribution in [0.15, 0.2) is 0 Å². The summed E-state index contributed by atoms with van der Waals surface area (Å²) in [6.45, 7) is 5.49. The van der Waals surface area contributed by atoms with Crippen molar-refractivity contribution in [3.63, 3.8) is 0 Å². The Morgan fingerprint density at radius 1 is 1.45 bits per heavy atom. The third-order valence-electron chi connectivity index (χ3n) is 1.11. The number of nitrogens with zero attached hydrogens (tertiary/aromatic N) is 1. The van der Waals surface area contributed by atoms with Crippen molar-refractivity contribution in [2.45, 2.75) is 0 Å². The second-order valence-corrected chi connectivity index (χ2v) is 4.40. The van der Waals surface area contributed by atoms with Crippen molar-refractivity contribution < 1.29 is 8.42 Å². The summed E-state index contributed by atoms with van der Waals surface area (Å²) >= 11 is 0. The van der Waals surface area contributed by atoms with E-state index in [1.165, 1.54) is 0 Å². The van der Waals surface area contributed by atoms with E-state index < -0.39 is 10.0 Å². The first-order valence-electron chi connectivity index (χ1n) is 3.30. The van der Waals surface area contributed by atoms with Crippen LogP contribution in [0.3, 0.4) is 0 Å². The minimum atomic E-state index is -3.14. The Morgan fingerprint density at radius 2 is 2.00 bits per heavy atom. The molecule has 0 rings (SSSR count). The molecule has 0 bridgehead atoms. The Morgan fingerprint density at radius 3 is 2.36 bits per heavy atom. The summed E-state index contributed by atoms with van der Waals surface area (Å²) in [6.07, 6.45) is 0. The first-order valence-corrected chi connectivity index (χ1v) is 4.95. The monoisotopic (exact) mass is 178 g/mol. The van der Waals surface area contributed by atoms with E-state index in [9.17, 15) is 8.42 Å². The lowest BCUT2D eigenvalue weighted by molar-refractivity contribution is 0.431. The van der Waals surface area contributed by atoms with Gasteiger partial charge in [0.05, 0.1) is 5.75 Å². The Kier molecular flexibility index (Phi) is 4.63. The van der Waals surface area contributed by atoms with E-state index in [0.29, 0.717) is 6.54 Å². The van der Waals surface area contributed by atoms with Crippen LogP contribution < -0.4 is 4.72 Å². The zero-order valence-corrected chi connectivity index (χ0v) is 7.69. The number of hydrogen-bond donors (Lipinski definition) is 1. The molecule has 0 aliphatic rings. The van der Waals surface area contributed by atoms with Gasteiger partial charge in [-0.3, -0.25) is 0 Å². The van der Waals surface area contributed by atoms with Gasteiger partial charge in [0.15, 0.2) is 0 Å². The molecule has 0 atom stereocenters. The van der Waals surface area contributed by atoms with Gasteiger partial charge in [-0.1, -0.05) is 0 Å². The van der Waals surface area contributed by atoms with Gasteiger partial charge in [-0.15, -0.1) is 0 Å². The van der Waals surface area contributed by atoms with E-state index in [4.69, 9.17) is 6.92 Å². The largest absolute Gasteiger partial charge is 0.308 e. The lowest BCUT2D eigenvalue weighted by Crippen LogP contribution is -2.31. The summed E-state index contributed by atoms with van der Waals surface area (Å²) in [5.74, 6) is 0.0944. The molecule has 0 aromatic heterocycles. The van der Waals surface area contributed by atoms with Crippen molar-refractivity contribution in [3.05, 3.63) is 6.92 Å². The topological polar surface area (TPSA) is 49.4 Å². The van der Waals surface area contributed by atoms with Gasteiger partial charge in [-0.05, 0) is 21.0 Å². The fourth-order valence-electron chi connectivity index (χ4n) is 0.502. The molecule has 5 heteroatoms. The second-order valence-electron chi connectivity index (χ2n) is 2.47. The molecule has 1 N–H and O–H groups in total. The van der Waals surface area contributed by atoms with Crippen molar-refractivity contribution in [2.75, 3.05) is 32.9 Å². The van der Waals surface area contributed by atoms with Gasteiger partial charge in [0.2, 0.25) is 10.0 Å². The Bertz CT molecular complexity index is 187. The average Bonchev–Trinajstić information content (AvgIpc) is 1.84. The zero-order chi connectivity index (χ0) is 8.91. The molecule has 0 aromatic rings. The summed E-state index contributed by atoms with van der Waals surface area (Å²) in [6, 6.07) is 0. The number of hydrogen-bond acceptors (Lipinski definition) is 3. The highest BCUT2D eigenvalue weighted by Gasteiger charge is 2.07. The summed E-state index contributed by atoms with van der Waals surface area (Å²) in [5, 5.41) is 0. The van der Waals surface area contributed by atoms with Crippen molar-refractivity contribution in [1.82, 2.24) is 9.62 Å². The van der Waals surface area contributed by atoms with Crippen LogP contribution in [0.2, 0.25) is 0 Å². The van der Waals surface area contributed by atoms with Gasteiger partial charge < -0.3 is 4.90 Å². The van der Waals surface area contributed by atoms with E-state index in [1.54, 1.807) is 4.90 Å². The summed E-state index contributed by atoms with van der Waals surface area (Å²) < 4.78 is 24.0. The molecule has 4 nitrogen and oxygen atoms in total. The molecular formula is C6H14N2O2S. The number of rotatable bonds is 5. The molecule has 0 amide bonds. The fraction of sp³-hybridized carbons (Fsp3) is 0.833. The summed E-state index contributed by atoms with van der Waals surface area (Å²) in [4.78, 5) is 1.80. The lowest BCUT2D eigenvalue weighted by atomic mass is 10.7. The molecule has 2 radical (unpaired) electrons. The van der Waals surface area contributed by atoms with Gasteiger partial charge in [0, 0.05) is 13.1 Å². The van der Waals surface area contributed by atoms with Crippen LogP contribution in [0.5, 0.6) is 0 Å². The molecule has 0 heterocycles. The van der Waals surface area contributed by atoms with Gasteiger partial charge in [0.25, 0.3) is 0 Å². The molecule has 0 spiro atoms. The quantitative estimate of drug-likeness (QED) is 0.598. The van der Waals surface area contributed by atoms with Crippen LogP contribution in [-0.2, 0) is 10.0 Å². The van der Waals surface area contributed by atoms with Crippen LogP contribution in [0.1, 0.15) is 0 Å². The van der Waals surface area contributed by atoms with Crippen LogP contribution >= 0.6 is 0 Å². The maximum Gasteiger partial charge on any atom is 0.212 e. The van der Waals surface area contributed by atoms with Crippen molar-refractivity contribution in [1.29, 1.82) is 0 Å². The van der Waals surface area contributed by atoms with Gasteiger partial charge >= 0.3 is 0 Å². The maximum absolute atomic E-state index is 10.9. The van der Waals surface area contributed by atoms with Gasteiger partial charge in [-0.25, -0.2) is 13.1 Å². The van der Waals surface area contributed by atoms with Crippen molar-refractivity contribution in [3.8, 4) is 0 Å². The molecule has 0 aliphatic heterocycles. The van der Waals surface area contributed by atoms with E-state index >= 15 is 0 Å². The SMILES string of the molecule is [CH]CNS(=O)(=O)CCN(C)C. The zero-order valence-electron chi connectivity index (χ0n) is 6.87. The van der Waals surface area contributed by atoms with Crippen LogP contribution in [0.4, 0.5) is 0 Å². The molecule has 0 unspecified atom stereocenters. The van der Waals surface area contributed by atoms with Crippen LogP contribution in [0, 0.1) is 6.92 Å². The third-order valence-corrected chi connectivity index (χ3v) is 2.44. The second kappa shape index (κ2) is 4.69. The predicted octanol–water partition coefficient (Wildman–Crippen LogP) is -0.822. The lowest BCUT2D eigenvalue weighted by Gasteiger charge is -2.09. The molecule has 0 saturated carbocycles. The third kappa shape index (κ3) is 6.28. The molecule has 0 saturated heterocycles. The molecule has 0 fully saturated rings. The van der Waals surface area contributed by atoms with Crippen LogP contribution in [0.25, 0.3) is 0 Å². The predicted molar refractivity (Wildman–Crippen MR) is 44.6 cm³/mol. The number of nitrogens with one attached hydrogen (secondary N) is 1. The minimum absolute atomic E-state index is 0.0320. The highest BCUT2D eigenvalue weighted by molar-refractivity contribution is 7.89. The van der Waals surface area contributed by atoms with Crippen molar-refractivity contribution >= 4 is 10.0 Å². The molecule has 0 aliphatic carbocycles. The standard InChI is InChI=1S/C6H14N2O2S/c1-4-7-11(9,10)6-5-8(2)3/h1,7H,4-6H2,2-3H3. The van der Waals surface area contributed by atoms with Gasteiger partial charge in [-0.2, -0.15) is 0 Å². The number of sulfonamides is 1. The Hall–Kier alpha value is -0.130. The fourth-order valence-corrected chi connectivity index (χ4v) is 1.51. The highest BCUT2D eigenvalue weighted by Crippen LogP contribution is 1.84. The van der Waals surface area contributed by atoms with E-state index in [2.05, 4.69) is 4.72 Å². The molecule has 11 heavy (non-hydrogen) atoms. The average molecular weight is 178 g/mol. The Labute approximate surface area is 68.6 Å². The summed E-state index contributed by atoms with van der Waals surface area (Å²) in [7, 11) is 0.491. The molecule has 0 aromatic carbocycles. The first-order chi connectivity index (χ1) is 4.98. The highest BCUT2D eigenvalue weighted by atomic mass is 32.2. The normalized spacial score (nSPS) is 12.4. The Balaban J connectivity index is 3.74.